The fourth-order valence-electron chi connectivity index (χ4n) is 1.52. The fraction of sp³-hybridized carbons (Fsp3) is 0.182. The number of alkyl halides is 1. The average molecular weight is 331 g/mol. The molecule has 0 aliphatic carbocycles. The van der Waals surface area contributed by atoms with E-state index in [1.165, 1.54) is 12.4 Å². The molecule has 112 valence electrons. The van der Waals surface area contributed by atoms with Crippen molar-refractivity contribution in [1.82, 2.24) is 14.8 Å². The Morgan fingerprint density at radius 3 is 2.76 bits per heavy atom. The molecule has 0 spiro atoms. The summed E-state index contributed by atoms with van der Waals surface area (Å²) in [7, 11) is -4.18. The van der Waals surface area contributed by atoms with E-state index >= 15 is 0 Å². The number of pyridine rings is 1. The Morgan fingerprint density at radius 1 is 1.43 bits per heavy atom. The molecular formula is C11H11ClN4O4S. The van der Waals surface area contributed by atoms with Crippen LogP contribution in [0.5, 0.6) is 0 Å². The molecule has 0 saturated carbocycles. The van der Waals surface area contributed by atoms with Gasteiger partial charge in [-0.2, -0.15) is 5.10 Å². The SMILES string of the molecule is NS(=O)(=O)c1nn(-c2ccccn2)cc1C(=O)OCCCl. The normalized spacial score (nSPS) is 11.3. The minimum atomic E-state index is -4.18. The monoisotopic (exact) mass is 330 g/mol. The molecule has 21 heavy (non-hydrogen) atoms. The van der Waals surface area contributed by atoms with Gasteiger partial charge in [0.2, 0.25) is 5.03 Å². The van der Waals surface area contributed by atoms with Crippen LogP contribution in [0.3, 0.4) is 0 Å². The van der Waals surface area contributed by atoms with Crippen molar-refractivity contribution >= 4 is 27.6 Å². The third-order valence-corrected chi connectivity index (χ3v) is 3.36. The second kappa shape index (κ2) is 6.20. The van der Waals surface area contributed by atoms with E-state index in [0.29, 0.717) is 5.82 Å². The van der Waals surface area contributed by atoms with Gasteiger partial charge in [-0.05, 0) is 12.1 Å². The maximum absolute atomic E-state index is 11.8. The van der Waals surface area contributed by atoms with E-state index in [1.54, 1.807) is 18.2 Å². The second-order valence-electron chi connectivity index (χ2n) is 3.85. The number of ether oxygens (including phenoxy) is 1. The van der Waals surface area contributed by atoms with Gasteiger partial charge in [0.15, 0.2) is 5.82 Å². The zero-order valence-electron chi connectivity index (χ0n) is 10.6. The van der Waals surface area contributed by atoms with E-state index in [-0.39, 0.29) is 18.1 Å². The van der Waals surface area contributed by atoms with E-state index < -0.39 is 21.0 Å². The summed E-state index contributed by atoms with van der Waals surface area (Å²) in [5.74, 6) is -0.453. The third-order valence-electron chi connectivity index (χ3n) is 2.36. The van der Waals surface area contributed by atoms with E-state index in [1.807, 2.05) is 0 Å². The number of sulfonamides is 1. The molecule has 0 fully saturated rings. The van der Waals surface area contributed by atoms with Gasteiger partial charge in [-0.1, -0.05) is 6.07 Å². The lowest BCUT2D eigenvalue weighted by Gasteiger charge is -2.00. The van der Waals surface area contributed by atoms with Crippen LogP contribution in [0.25, 0.3) is 5.82 Å². The van der Waals surface area contributed by atoms with Crippen molar-refractivity contribution in [2.75, 3.05) is 12.5 Å². The lowest BCUT2D eigenvalue weighted by atomic mass is 10.4. The van der Waals surface area contributed by atoms with Crippen LogP contribution in [0, 0.1) is 0 Å². The average Bonchev–Trinajstić information content (AvgIpc) is 2.91. The Balaban J connectivity index is 2.49. The second-order valence-corrected chi connectivity index (χ2v) is 5.71. The summed E-state index contributed by atoms with van der Waals surface area (Å²) in [6.07, 6.45) is 2.69. The van der Waals surface area contributed by atoms with Gasteiger partial charge in [-0.3, -0.25) is 0 Å². The number of hydrogen-bond acceptors (Lipinski definition) is 6. The maximum Gasteiger partial charge on any atom is 0.342 e. The molecule has 0 saturated heterocycles. The molecule has 2 rings (SSSR count). The molecule has 0 bridgehead atoms. The topological polar surface area (TPSA) is 117 Å². The number of carbonyl (C=O) groups excluding carboxylic acids is 1. The molecule has 2 aromatic rings. The van der Waals surface area contributed by atoms with Gasteiger partial charge in [0.1, 0.15) is 12.2 Å². The van der Waals surface area contributed by atoms with Crippen LogP contribution in [-0.2, 0) is 14.8 Å². The van der Waals surface area contributed by atoms with Crippen LogP contribution < -0.4 is 5.14 Å². The summed E-state index contributed by atoms with van der Waals surface area (Å²) in [6.45, 7) is -0.0563. The van der Waals surface area contributed by atoms with Gasteiger partial charge in [0, 0.05) is 12.4 Å². The van der Waals surface area contributed by atoms with E-state index in [9.17, 15) is 13.2 Å². The fourth-order valence-corrected chi connectivity index (χ4v) is 2.25. The Kier molecular flexibility index (Phi) is 4.56. The molecule has 2 heterocycles. The van der Waals surface area contributed by atoms with Gasteiger partial charge >= 0.3 is 5.97 Å². The quantitative estimate of drug-likeness (QED) is 0.622. The smallest absolute Gasteiger partial charge is 0.342 e. The van der Waals surface area contributed by atoms with Crippen LogP contribution in [-0.4, -0.2) is 41.6 Å². The minimum absolute atomic E-state index is 0.0563. The van der Waals surface area contributed by atoms with Crippen LogP contribution in [0.15, 0.2) is 35.6 Å². The van der Waals surface area contributed by atoms with Crippen molar-refractivity contribution in [2.24, 2.45) is 5.14 Å². The Morgan fingerprint density at radius 2 is 2.19 bits per heavy atom. The Bertz CT molecular complexity index is 745. The Hall–Kier alpha value is -1.97. The first-order valence-electron chi connectivity index (χ1n) is 5.70. The van der Waals surface area contributed by atoms with Gasteiger partial charge in [-0.25, -0.2) is 28.0 Å². The predicted molar refractivity (Wildman–Crippen MR) is 73.7 cm³/mol. The summed E-state index contributed by atoms with van der Waals surface area (Å²) >= 11 is 5.41. The molecule has 0 atom stereocenters. The van der Waals surface area contributed by atoms with Gasteiger partial charge in [-0.15, -0.1) is 11.6 Å². The third kappa shape index (κ3) is 3.57. The van der Waals surface area contributed by atoms with Gasteiger partial charge in [0.05, 0.1) is 5.88 Å². The molecular weight excluding hydrogens is 320 g/mol. The van der Waals surface area contributed by atoms with Crippen molar-refractivity contribution < 1.29 is 17.9 Å². The zero-order valence-corrected chi connectivity index (χ0v) is 12.2. The van der Waals surface area contributed by atoms with Gasteiger partial charge < -0.3 is 4.74 Å². The van der Waals surface area contributed by atoms with Crippen molar-refractivity contribution in [3.05, 3.63) is 36.2 Å². The van der Waals surface area contributed by atoms with Crippen LogP contribution in [0.2, 0.25) is 0 Å². The van der Waals surface area contributed by atoms with E-state index in [0.717, 1.165) is 4.68 Å². The highest BCUT2D eigenvalue weighted by atomic mass is 35.5. The number of hydrogen-bond donors (Lipinski definition) is 1. The van der Waals surface area contributed by atoms with Crippen molar-refractivity contribution in [3.8, 4) is 5.82 Å². The standard InChI is InChI=1S/C11H11ClN4O4S/c12-4-6-20-11(17)8-7-16(9-3-1-2-5-14-9)15-10(8)21(13,18)19/h1-3,5,7H,4,6H2,(H2,13,18,19). The molecule has 10 heteroatoms. The highest BCUT2D eigenvalue weighted by molar-refractivity contribution is 7.89. The molecule has 0 aromatic carbocycles. The lowest BCUT2D eigenvalue weighted by molar-refractivity contribution is 0.0524. The molecule has 2 aromatic heterocycles. The summed E-state index contributed by atoms with van der Waals surface area (Å²) < 4.78 is 29.0. The summed E-state index contributed by atoms with van der Waals surface area (Å²) in [6, 6.07) is 4.96. The largest absolute Gasteiger partial charge is 0.461 e. The molecule has 0 radical (unpaired) electrons. The number of aromatic nitrogens is 3. The summed E-state index contributed by atoms with van der Waals surface area (Å²) in [5.41, 5.74) is -0.270. The van der Waals surface area contributed by atoms with Crippen LogP contribution in [0.4, 0.5) is 0 Å². The lowest BCUT2D eigenvalue weighted by Crippen LogP contribution is -2.18. The molecule has 2 N–H and O–H groups in total. The number of halogens is 1. The molecule has 8 nitrogen and oxygen atoms in total. The molecule has 0 aliphatic rings. The summed E-state index contributed by atoms with van der Waals surface area (Å²) in [4.78, 5) is 15.8. The van der Waals surface area contributed by atoms with E-state index in [2.05, 4.69) is 10.1 Å². The highest BCUT2D eigenvalue weighted by Crippen LogP contribution is 2.16. The molecule has 0 amide bonds. The number of nitrogens with two attached hydrogens (primary N) is 1. The number of esters is 1. The first-order valence-corrected chi connectivity index (χ1v) is 7.78. The number of carbonyl (C=O) groups is 1. The molecule has 0 unspecified atom stereocenters. The van der Waals surface area contributed by atoms with Crippen molar-refractivity contribution in [1.29, 1.82) is 0 Å². The summed E-state index contributed by atoms with van der Waals surface area (Å²) in [5, 5.41) is 8.27. The molecule has 0 aliphatic heterocycles. The number of primary sulfonamides is 1. The number of nitrogens with zero attached hydrogens (tertiary/aromatic N) is 3. The zero-order chi connectivity index (χ0) is 15.5. The van der Waals surface area contributed by atoms with E-state index in [4.69, 9.17) is 21.5 Å². The Labute approximate surface area is 125 Å². The predicted octanol–water partition coefficient (Wildman–Crippen LogP) is 0.310. The van der Waals surface area contributed by atoms with Crippen LogP contribution in [0.1, 0.15) is 10.4 Å². The van der Waals surface area contributed by atoms with Crippen molar-refractivity contribution in [3.63, 3.8) is 0 Å². The first kappa shape index (κ1) is 15.4. The van der Waals surface area contributed by atoms with Crippen LogP contribution >= 0.6 is 11.6 Å². The first-order chi connectivity index (χ1) is 9.93. The highest BCUT2D eigenvalue weighted by Gasteiger charge is 2.26. The van der Waals surface area contributed by atoms with Crippen molar-refractivity contribution in [2.45, 2.75) is 5.03 Å². The number of rotatable bonds is 5. The maximum atomic E-state index is 11.8. The minimum Gasteiger partial charge on any atom is -0.461 e. The van der Waals surface area contributed by atoms with Gasteiger partial charge in [0.25, 0.3) is 10.0 Å².